The van der Waals surface area contributed by atoms with Gasteiger partial charge in [0.1, 0.15) is 0 Å². The second-order valence-electron chi connectivity index (χ2n) is 2.88. The van der Waals surface area contributed by atoms with Gasteiger partial charge in [0, 0.05) is 4.47 Å². The highest BCUT2D eigenvalue weighted by Crippen LogP contribution is 2.25. The zero-order valence-electron chi connectivity index (χ0n) is 6.85. The maximum absolute atomic E-state index is 11.3. The predicted molar refractivity (Wildman–Crippen MR) is 50.7 cm³/mol. The van der Waals surface area contributed by atoms with Crippen LogP contribution in [0.15, 0.2) is 16.6 Å². The molecule has 0 bridgehead atoms. The number of carbonyl (C=O) groups excluding carboxylic acids is 2. The lowest BCUT2D eigenvalue weighted by Gasteiger charge is -2.01. The molecular weight excluding hydrogens is 234 g/mol. The van der Waals surface area contributed by atoms with Gasteiger partial charge in [0.25, 0.3) is 11.8 Å². The zero-order valence-corrected chi connectivity index (χ0v) is 8.44. The number of fused-ring (bicyclic) bond motifs is 1. The number of imide groups is 1. The summed E-state index contributed by atoms with van der Waals surface area (Å²) in [6.07, 6.45) is 0. The molecule has 0 saturated carbocycles. The third-order valence-electron chi connectivity index (χ3n) is 2.10. The van der Waals surface area contributed by atoms with Crippen molar-refractivity contribution >= 4 is 27.7 Å². The molecule has 0 aliphatic carbocycles. The molecule has 1 aliphatic rings. The Kier molecular flexibility index (Phi) is 1.73. The predicted octanol–water partition coefficient (Wildman–Crippen LogP) is 1.64. The van der Waals surface area contributed by atoms with Gasteiger partial charge in [-0.2, -0.15) is 0 Å². The number of halogens is 1. The summed E-state index contributed by atoms with van der Waals surface area (Å²) in [4.78, 5) is 22.5. The number of amides is 2. The third-order valence-corrected chi connectivity index (χ3v) is 2.96. The molecule has 4 heteroatoms. The van der Waals surface area contributed by atoms with Gasteiger partial charge in [-0.05, 0) is 24.6 Å². The van der Waals surface area contributed by atoms with Gasteiger partial charge in [-0.3, -0.25) is 14.9 Å². The van der Waals surface area contributed by atoms with E-state index in [1.807, 2.05) is 0 Å². The van der Waals surface area contributed by atoms with Gasteiger partial charge in [-0.15, -0.1) is 0 Å². The lowest BCUT2D eigenvalue weighted by Crippen LogP contribution is -2.20. The Labute approximate surface area is 83.3 Å². The van der Waals surface area contributed by atoms with Crippen LogP contribution in [0, 0.1) is 6.92 Å². The molecule has 0 radical (unpaired) electrons. The highest BCUT2D eigenvalue weighted by Gasteiger charge is 2.28. The SMILES string of the molecule is Cc1c(Br)ccc2c1C(=O)NC2=O. The Morgan fingerprint density at radius 3 is 2.62 bits per heavy atom. The van der Waals surface area contributed by atoms with Crippen LogP contribution in [0.2, 0.25) is 0 Å². The number of carbonyl (C=O) groups is 2. The van der Waals surface area contributed by atoms with Gasteiger partial charge in [-0.25, -0.2) is 0 Å². The summed E-state index contributed by atoms with van der Waals surface area (Å²) in [5.74, 6) is -0.616. The maximum atomic E-state index is 11.3. The third kappa shape index (κ3) is 1.09. The smallest absolute Gasteiger partial charge is 0.259 e. The van der Waals surface area contributed by atoms with Crippen LogP contribution in [0.3, 0.4) is 0 Å². The van der Waals surface area contributed by atoms with Crippen molar-refractivity contribution in [3.63, 3.8) is 0 Å². The molecule has 1 aromatic carbocycles. The minimum atomic E-state index is -0.310. The van der Waals surface area contributed by atoms with E-state index < -0.39 is 0 Å². The van der Waals surface area contributed by atoms with Gasteiger partial charge in [0.05, 0.1) is 11.1 Å². The summed E-state index contributed by atoms with van der Waals surface area (Å²) < 4.78 is 0.844. The summed E-state index contributed by atoms with van der Waals surface area (Å²) in [6.45, 7) is 1.81. The molecule has 66 valence electrons. The average molecular weight is 240 g/mol. The molecule has 0 atom stereocenters. The first-order valence-corrected chi connectivity index (χ1v) is 4.55. The summed E-state index contributed by atoms with van der Waals surface area (Å²) in [5, 5.41) is 2.25. The van der Waals surface area contributed by atoms with Crippen molar-refractivity contribution in [3.05, 3.63) is 33.3 Å². The molecule has 0 aromatic heterocycles. The average Bonchev–Trinajstić information content (AvgIpc) is 2.35. The molecule has 13 heavy (non-hydrogen) atoms. The van der Waals surface area contributed by atoms with E-state index >= 15 is 0 Å². The summed E-state index contributed by atoms with van der Waals surface area (Å²) >= 11 is 3.30. The van der Waals surface area contributed by atoms with Crippen molar-refractivity contribution in [1.82, 2.24) is 5.32 Å². The monoisotopic (exact) mass is 239 g/mol. The molecular formula is C9H6BrNO2. The lowest BCUT2D eigenvalue weighted by molar-refractivity contribution is 0.0879. The van der Waals surface area contributed by atoms with Gasteiger partial charge >= 0.3 is 0 Å². The largest absolute Gasteiger partial charge is 0.288 e. The number of hydrogen-bond acceptors (Lipinski definition) is 2. The second kappa shape index (κ2) is 2.67. The van der Waals surface area contributed by atoms with E-state index in [0.29, 0.717) is 11.1 Å². The number of nitrogens with one attached hydrogen (secondary N) is 1. The number of benzene rings is 1. The summed E-state index contributed by atoms with van der Waals surface area (Å²) in [7, 11) is 0. The molecule has 0 spiro atoms. The fraction of sp³-hybridized carbons (Fsp3) is 0.111. The van der Waals surface area contributed by atoms with Crippen LogP contribution in [0.5, 0.6) is 0 Å². The molecule has 1 aromatic rings. The van der Waals surface area contributed by atoms with Crippen LogP contribution in [0.1, 0.15) is 26.3 Å². The Hall–Kier alpha value is -1.16. The Morgan fingerprint density at radius 2 is 1.92 bits per heavy atom. The molecule has 0 fully saturated rings. The molecule has 1 aliphatic heterocycles. The minimum Gasteiger partial charge on any atom is -0.288 e. The molecule has 1 N–H and O–H groups in total. The molecule has 2 rings (SSSR count). The van der Waals surface area contributed by atoms with Crippen LogP contribution in [-0.4, -0.2) is 11.8 Å². The Bertz CT molecular complexity index is 426. The molecule has 2 amide bonds. The summed E-state index contributed by atoms with van der Waals surface area (Å²) in [5.41, 5.74) is 1.76. The second-order valence-corrected chi connectivity index (χ2v) is 3.73. The van der Waals surface area contributed by atoms with Crippen molar-refractivity contribution in [3.8, 4) is 0 Å². The van der Waals surface area contributed by atoms with Crippen LogP contribution in [-0.2, 0) is 0 Å². The number of hydrogen-bond donors (Lipinski definition) is 1. The van der Waals surface area contributed by atoms with Crippen molar-refractivity contribution in [2.45, 2.75) is 6.92 Å². The highest BCUT2D eigenvalue weighted by molar-refractivity contribution is 9.10. The Balaban J connectivity index is 2.78. The number of rotatable bonds is 0. The van der Waals surface area contributed by atoms with Crippen LogP contribution in [0.25, 0.3) is 0 Å². The van der Waals surface area contributed by atoms with Gasteiger partial charge in [0.2, 0.25) is 0 Å². The van der Waals surface area contributed by atoms with Crippen molar-refractivity contribution in [1.29, 1.82) is 0 Å². The van der Waals surface area contributed by atoms with E-state index in [9.17, 15) is 9.59 Å². The van der Waals surface area contributed by atoms with E-state index in [4.69, 9.17) is 0 Å². The van der Waals surface area contributed by atoms with Gasteiger partial charge in [-0.1, -0.05) is 15.9 Å². The van der Waals surface area contributed by atoms with Crippen LogP contribution >= 0.6 is 15.9 Å². The molecule has 0 saturated heterocycles. The van der Waals surface area contributed by atoms with E-state index in [0.717, 1.165) is 10.0 Å². The zero-order chi connectivity index (χ0) is 9.59. The minimum absolute atomic E-state index is 0.307. The van der Waals surface area contributed by atoms with Crippen molar-refractivity contribution < 1.29 is 9.59 Å². The van der Waals surface area contributed by atoms with Crippen LogP contribution < -0.4 is 5.32 Å². The lowest BCUT2D eigenvalue weighted by atomic mass is 10.0. The van der Waals surface area contributed by atoms with Gasteiger partial charge < -0.3 is 0 Å². The Morgan fingerprint density at radius 1 is 1.23 bits per heavy atom. The van der Waals surface area contributed by atoms with Gasteiger partial charge in [0.15, 0.2) is 0 Å². The first-order valence-electron chi connectivity index (χ1n) is 3.76. The van der Waals surface area contributed by atoms with Crippen LogP contribution in [0.4, 0.5) is 0 Å². The van der Waals surface area contributed by atoms with E-state index in [2.05, 4.69) is 21.2 Å². The topological polar surface area (TPSA) is 46.2 Å². The first-order chi connectivity index (χ1) is 6.11. The first kappa shape index (κ1) is 8.44. The fourth-order valence-corrected chi connectivity index (χ4v) is 1.73. The van der Waals surface area contributed by atoms with E-state index in [1.165, 1.54) is 0 Å². The molecule has 3 nitrogen and oxygen atoms in total. The molecule has 1 heterocycles. The van der Waals surface area contributed by atoms with E-state index in [1.54, 1.807) is 19.1 Å². The standard InChI is InChI=1S/C9H6BrNO2/c1-4-6(10)3-2-5-7(4)9(13)11-8(5)12/h2-3H,1H3,(H,11,12,13). The van der Waals surface area contributed by atoms with Crippen molar-refractivity contribution in [2.24, 2.45) is 0 Å². The summed E-state index contributed by atoms with van der Waals surface area (Å²) in [6, 6.07) is 3.42. The quantitative estimate of drug-likeness (QED) is 0.700. The normalized spacial score (nSPS) is 14.3. The van der Waals surface area contributed by atoms with E-state index in [-0.39, 0.29) is 11.8 Å². The fourth-order valence-electron chi connectivity index (χ4n) is 1.40. The highest BCUT2D eigenvalue weighted by atomic mass is 79.9. The van der Waals surface area contributed by atoms with Crippen molar-refractivity contribution in [2.75, 3.05) is 0 Å². The maximum Gasteiger partial charge on any atom is 0.259 e. The molecule has 0 unspecified atom stereocenters.